The molecule has 2 nitrogen and oxygen atoms in total. The molecule has 0 heterocycles. The van der Waals surface area contributed by atoms with Gasteiger partial charge in [0.25, 0.3) is 0 Å². The summed E-state index contributed by atoms with van der Waals surface area (Å²) in [6, 6.07) is 13.0. The van der Waals surface area contributed by atoms with E-state index < -0.39 is 5.82 Å². The third-order valence-corrected chi connectivity index (χ3v) is 3.83. The Morgan fingerprint density at radius 1 is 1.16 bits per heavy atom. The van der Waals surface area contributed by atoms with E-state index in [2.05, 4.69) is 11.4 Å². The van der Waals surface area contributed by atoms with Crippen LogP contribution in [0.2, 0.25) is 5.02 Å². The summed E-state index contributed by atoms with van der Waals surface area (Å²) >= 11 is 5.68. The zero-order valence-corrected chi connectivity index (χ0v) is 11.0. The van der Waals surface area contributed by atoms with Gasteiger partial charge in [0.15, 0.2) is 0 Å². The van der Waals surface area contributed by atoms with Gasteiger partial charge in [-0.05, 0) is 35.7 Å². The van der Waals surface area contributed by atoms with Crippen LogP contribution in [-0.2, 0) is 0 Å². The van der Waals surface area contributed by atoms with Crippen LogP contribution in [0.3, 0.4) is 0 Å². The average Bonchev–Trinajstić information content (AvgIpc) is 2.72. The molecule has 98 valence electrons. The van der Waals surface area contributed by atoms with Gasteiger partial charge in [-0.2, -0.15) is 0 Å². The second-order valence-corrected chi connectivity index (χ2v) is 5.20. The van der Waals surface area contributed by atoms with Crippen molar-refractivity contribution in [2.75, 3.05) is 5.32 Å². The topological polar surface area (TPSA) is 38.0 Å². The van der Waals surface area contributed by atoms with Crippen molar-refractivity contribution >= 4 is 17.3 Å². The lowest BCUT2D eigenvalue weighted by Gasteiger charge is -2.15. The molecule has 0 saturated carbocycles. The van der Waals surface area contributed by atoms with Gasteiger partial charge in [0.2, 0.25) is 0 Å². The first-order chi connectivity index (χ1) is 9.15. The number of nitrogens with one attached hydrogen (secondary N) is 1. The van der Waals surface area contributed by atoms with Crippen LogP contribution in [0.1, 0.15) is 29.6 Å². The highest BCUT2D eigenvalue weighted by Gasteiger charge is 2.28. The first-order valence-corrected chi connectivity index (χ1v) is 6.59. The Labute approximate surface area is 116 Å². The minimum absolute atomic E-state index is 0.0332. The van der Waals surface area contributed by atoms with Gasteiger partial charge in [0.1, 0.15) is 5.82 Å². The number of hydrogen-bond acceptors (Lipinski definition) is 2. The molecule has 0 fully saturated rings. The number of halogens is 2. The van der Waals surface area contributed by atoms with Crippen molar-refractivity contribution in [2.45, 2.75) is 18.5 Å². The van der Waals surface area contributed by atoms with Gasteiger partial charge in [-0.15, -0.1) is 0 Å². The number of rotatable bonds is 2. The SMILES string of the molecule is NC1CC(Nc2ccc(Cl)c(F)c2)c2ccccc21. The summed E-state index contributed by atoms with van der Waals surface area (Å²) in [7, 11) is 0. The number of fused-ring (bicyclic) bond motifs is 1. The quantitative estimate of drug-likeness (QED) is 0.869. The smallest absolute Gasteiger partial charge is 0.143 e. The van der Waals surface area contributed by atoms with Crippen LogP contribution < -0.4 is 11.1 Å². The molecule has 0 bridgehead atoms. The third-order valence-electron chi connectivity index (χ3n) is 3.52. The Morgan fingerprint density at radius 3 is 2.63 bits per heavy atom. The Balaban J connectivity index is 1.87. The monoisotopic (exact) mass is 276 g/mol. The van der Waals surface area contributed by atoms with Crippen LogP contribution in [0.4, 0.5) is 10.1 Å². The molecule has 4 heteroatoms. The molecular formula is C15H14ClFN2. The lowest BCUT2D eigenvalue weighted by atomic mass is 10.1. The maximum absolute atomic E-state index is 13.4. The fraction of sp³-hybridized carbons (Fsp3) is 0.200. The normalized spacial score (nSPS) is 21.2. The molecule has 2 aromatic carbocycles. The fourth-order valence-corrected chi connectivity index (χ4v) is 2.72. The molecule has 0 radical (unpaired) electrons. The van der Waals surface area contributed by atoms with Crippen molar-refractivity contribution in [1.82, 2.24) is 0 Å². The van der Waals surface area contributed by atoms with Gasteiger partial charge in [0, 0.05) is 11.7 Å². The standard InChI is InChI=1S/C15H14ClFN2/c16-12-6-5-9(7-13(12)17)19-15-8-14(18)10-3-1-2-4-11(10)15/h1-7,14-15,19H,8,18H2. The molecule has 2 atom stereocenters. The van der Waals surface area contributed by atoms with Gasteiger partial charge < -0.3 is 11.1 Å². The second-order valence-electron chi connectivity index (χ2n) is 4.80. The first-order valence-electron chi connectivity index (χ1n) is 6.21. The average molecular weight is 277 g/mol. The molecule has 3 N–H and O–H groups in total. The lowest BCUT2D eigenvalue weighted by molar-refractivity contribution is 0.625. The predicted molar refractivity (Wildman–Crippen MR) is 75.8 cm³/mol. The predicted octanol–water partition coefficient (Wildman–Crippen LogP) is 4.04. The van der Waals surface area contributed by atoms with Crippen LogP contribution in [0.25, 0.3) is 0 Å². The van der Waals surface area contributed by atoms with Crippen LogP contribution in [0.15, 0.2) is 42.5 Å². The molecule has 19 heavy (non-hydrogen) atoms. The molecule has 0 saturated heterocycles. The van der Waals surface area contributed by atoms with Crippen molar-refractivity contribution < 1.29 is 4.39 Å². The summed E-state index contributed by atoms with van der Waals surface area (Å²) in [5.74, 6) is -0.415. The minimum Gasteiger partial charge on any atom is -0.378 e. The highest BCUT2D eigenvalue weighted by Crippen LogP contribution is 2.39. The number of hydrogen-bond donors (Lipinski definition) is 2. The van der Waals surface area contributed by atoms with E-state index >= 15 is 0 Å². The molecule has 0 aromatic heterocycles. The zero-order chi connectivity index (χ0) is 13.4. The van der Waals surface area contributed by atoms with E-state index in [1.54, 1.807) is 12.1 Å². The maximum Gasteiger partial charge on any atom is 0.143 e. The summed E-state index contributed by atoms with van der Waals surface area (Å²) in [5.41, 5.74) is 9.17. The number of anilines is 1. The summed E-state index contributed by atoms with van der Waals surface area (Å²) in [6.45, 7) is 0. The van der Waals surface area contributed by atoms with E-state index in [1.807, 2.05) is 18.2 Å². The van der Waals surface area contributed by atoms with E-state index in [9.17, 15) is 4.39 Å². The summed E-state index contributed by atoms with van der Waals surface area (Å²) in [4.78, 5) is 0. The molecular weight excluding hydrogens is 263 g/mol. The van der Waals surface area contributed by atoms with Crippen molar-refractivity contribution in [3.63, 3.8) is 0 Å². The van der Waals surface area contributed by atoms with Gasteiger partial charge >= 0.3 is 0 Å². The number of nitrogens with two attached hydrogens (primary N) is 1. The van der Waals surface area contributed by atoms with E-state index in [1.165, 1.54) is 11.6 Å². The van der Waals surface area contributed by atoms with Crippen LogP contribution in [0, 0.1) is 5.82 Å². The van der Waals surface area contributed by atoms with Crippen molar-refractivity contribution in [3.05, 3.63) is 64.4 Å². The maximum atomic E-state index is 13.4. The van der Waals surface area contributed by atoms with Crippen LogP contribution in [0.5, 0.6) is 0 Å². The highest BCUT2D eigenvalue weighted by molar-refractivity contribution is 6.30. The second kappa shape index (κ2) is 4.83. The summed E-state index contributed by atoms with van der Waals surface area (Å²) in [6.07, 6.45) is 0.809. The van der Waals surface area contributed by atoms with E-state index in [4.69, 9.17) is 17.3 Å². The van der Waals surface area contributed by atoms with Crippen molar-refractivity contribution in [3.8, 4) is 0 Å². The largest absolute Gasteiger partial charge is 0.378 e. The number of benzene rings is 2. The van der Waals surface area contributed by atoms with E-state index in [0.717, 1.165) is 17.7 Å². The Morgan fingerprint density at radius 2 is 1.89 bits per heavy atom. The first kappa shape index (κ1) is 12.5. The molecule has 3 rings (SSSR count). The van der Waals surface area contributed by atoms with Crippen LogP contribution >= 0.6 is 11.6 Å². The molecule has 2 aromatic rings. The Hall–Kier alpha value is -1.58. The van der Waals surface area contributed by atoms with Crippen molar-refractivity contribution in [2.24, 2.45) is 5.73 Å². The molecule has 1 aliphatic rings. The zero-order valence-electron chi connectivity index (χ0n) is 10.2. The highest BCUT2D eigenvalue weighted by atomic mass is 35.5. The Kier molecular flexibility index (Phi) is 3.17. The molecule has 0 spiro atoms. The van der Waals surface area contributed by atoms with E-state index in [0.29, 0.717) is 0 Å². The van der Waals surface area contributed by atoms with Gasteiger partial charge in [-0.25, -0.2) is 4.39 Å². The summed E-state index contributed by atoms with van der Waals surface area (Å²) in [5, 5.41) is 3.45. The molecule has 2 unspecified atom stereocenters. The van der Waals surface area contributed by atoms with Crippen LogP contribution in [-0.4, -0.2) is 0 Å². The minimum atomic E-state index is -0.415. The van der Waals surface area contributed by atoms with Gasteiger partial charge in [-0.1, -0.05) is 35.9 Å². The molecule has 0 amide bonds. The summed E-state index contributed by atoms with van der Waals surface area (Å²) < 4.78 is 13.4. The molecule has 1 aliphatic carbocycles. The van der Waals surface area contributed by atoms with E-state index in [-0.39, 0.29) is 17.1 Å². The fourth-order valence-electron chi connectivity index (χ4n) is 2.60. The molecule has 0 aliphatic heterocycles. The third kappa shape index (κ3) is 2.31. The Bertz CT molecular complexity index is 615. The van der Waals surface area contributed by atoms with Gasteiger partial charge in [0.05, 0.1) is 11.1 Å². The van der Waals surface area contributed by atoms with Gasteiger partial charge in [-0.3, -0.25) is 0 Å². The van der Waals surface area contributed by atoms with Crippen molar-refractivity contribution in [1.29, 1.82) is 0 Å². The lowest BCUT2D eigenvalue weighted by Crippen LogP contribution is -2.10.